The molecule has 0 unspecified atom stereocenters. The third-order valence-corrected chi connectivity index (χ3v) is 15.5. The highest BCUT2D eigenvalue weighted by atomic mass is 16.3. The fourth-order valence-electron chi connectivity index (χ4n) is 12.1. The quantitative estimate of drug-likeness (QED) is 0.144. The number of rotatable bonds is 9. The van der Waals surface area contributed by atoms with Gasteiger partial charge < -0.3 is 9.32 Å². The number of hydrogen-bond donors (Lipinski definition) is 0. The minimum absolute atomic E-state index is 0.0605. The van der Waals surface area contributed by atoms with Crippen LogP contribution in [-0.2, 0) is 0 Å². The largest absolute Gasteiger partial charge is 0.454 e. The van der Waals surface area contributed by atoms with Crippen LogP contribution in [0, 0.1) is 0 Å². The Labute approximate surface area is 440 Å². The standard InChI is InChI=1S/C71H46N4O/c1-4-18-45(19-5-1)50-22-16-23-51(44-50)71-73-69(48-20-6-2-7-21-48)72-70(74-71)49-36-34-46(35-37-49)54-42-43-55(67-65-59-29-12-10-27-57(59)64(66(54)67)58-28-11-13-30-60(58)65)47-38-40-53(41-39-47)75(52-24-8-3-9-25-52)62-32-17-31-61-56-26-14-15-33-63(56)76-68(61)62/h1-44,64-65H. The Kier molecular flexibility index (Phi) is 10.3. The highest BCUT2D eigenvalue weighted by molar-refractivity contribution is 6.10. The first-order valence-electron chi connectivity index (χ1n) is 26.0. The predicted molar refractivity (Wildman–Crippen MR) is 309 cm³/mol. The lowest BCUT2D eigenvalue weighted by Crippen LogP contribution is -2.28. The molecule has 16 rings (SSSR count). The van der Waals surface area contributed by atoms with Crippen LogP contribution < -0.4 is 4.90 Å². The van der Waals surface area contributed by atoms with Crippen LogP contribution in [0.5, 0.6) is 0 Å². The molecule has 76 heavy (non-hydrogen) atoms. The van der Waals surface area contributed by atoms with Gasteiger partial charge in [-0.2, -0.15) is 0 Å². The van der Waals surface area contributed by atoms with Gasteiger partial charge in [0.05, 0.1) is 5.69 Å². The third-order valence-electron chi connectivity index (χ3n) is 15.5. The number of nitrogens with zero attached hydrogens (tertiary/aromatic N) is 4. The Morgan fingerprint density at radius 2 is 0.724 bits per heavy atom. The van der Waals surface area contributed by atoms with Gasteiger partial charge in [0.15, 0.2) is 23.1 Å². The Balaban J connectivity index is 0.855. The van der Waals surface area contributed by atoms with E-state index in [1.807, 2.05) is 36.4 Å². The van der Waals surface area contributed by atoms with Crippen molar-refractivity contribution in [3.63, 3.8) is 0 Å². The fraction of sp³-hybridized carbons (Fsp3) is 0.0282. The van der Waals surface area contributed by atoms with E-state index in [2.05, 4.69) is 235 Å². The molecule has 3 aliphatic carbocycles. The Morgan fingerprint density at radius 3 is 1.33 bits per heavy atom. The smallest absolute Gasteiger partial charge is 0.164 e. The van der Waals surface area contributed by atoms with Crippen LogP contribution in [-0.4, -0.2) is 15.0 Å². The minimum atomic E-state index is 0.0605. The predicted octanol–water partition coefficient (Wildman–Crippen LogP) is 18.2. The number of benzene rings is 11. The molecule has 5 heteroatoms. The van der Waals surface area contributed by atoms with E-state index in [9.17, 15) is 0 Å². The molecule has 2 bridgehead atoms. The second kappa shape index (κ2) is 17.9. The second-order valence-electron chi connectivity index (χ2n) is 19.8. The van der Waals surface area contributed by atoms with Crippen molar-refractivity contribution in [2.45, 2.75) is 11.8 Å². The maximum absolute atomic E-state index is 6.63. The number of aromatic nitrogens is 3. The van der Waals surface area contributed by atoms with E-state index in [-0.39, 0.29) is 11.8 Å². The van der Waals surface area contributed by atoms with Gasteiger partial charge >= 0.3 is 0 Å². The molecule has 0 N–H and O–H groups in total. The second-order valence-corrected chi connectivity index (χ2v) is 19.8. The molecule has 13 aromatic rings. The van der Waals surface area contributed by atoms with E-state index >= 15 is 0 Å². The van der Waals surface area contributed by atoms with Gasteiger partial charge in [0, 0.05) is 50.7 Å². The van der Waals surface area contributed by atoms with E-state index in [4.69, 9.17) is 19.4 Å². The van der Waals surface area contributed by atoms with E-state index in [1.54, 1.807) is 0 Å². The normalized spacial score (nSPS) is 14.1. The molecule has 5 nitrogen and oxygen atoms in total. The van der Waals surface area contributed by atoms with E-state index in [1.165, 1.54) is 50.1 Å². The van der Waals surface area contributed by atoms with Crippen molar-refractivity contribution < 1.29 is 4.42 Å². The number of furan rings is 1. The average Bonchev–Trinajstić information content (AvgIpc) is 4.04. The maximum Gasteiger partial charge on any atom is 0.164 e. The van der Waals surface area contributed by atoms with Gasteiger partial charge in [0.1, 0.15) is 5.58 Å². The molecule has 11 aromatic carbocycles. The lowest BCUT2D eigenvalue weighted by Gasteiger charge is -2.44. The van der Waals surface area contributed by atoms with Gasteiger partial charge in [0.2, 0.25) is 0 Å². The van der Waals surface area contributed by atoms with Gasteiger partial charge in [-0.15, -0.1) is 0 Å². The van der Waals surface area contributed by atoms with Gasteiger partial charge in [-0.05, 0) is 109 Å². The van der Waals surface area contributed by atoms with Crippen molar-refractivity contribution in [1.82, 2.24) is 15.0 Å². The topological polar surface area (TPSA) is 55.1 Å². The van der Waals surface area contributed by atoms with Crippen molar-refractivity contribution in [2.24, 2.45) is 0 Å². The number of fused-ring (bicyclic) bond motifs is 3. The van der Waals surface area contributed by atoms with Crippen LogP contribution in [0.2, 0.25) is 0 Å². The summed E-state index contributed by atoms with van der Waals surface area (Å²) in [6.45, 7) is 0. The highest BCUT2D eigenvalue weighted by Crippen LogP contribution is 2.60. The van der Waals surface area contributed by atoms with Crippen LogP contribution >= 0.6 is 0 Å². The molecule has 0 fully saturated rings. The molecule has 2 heterocycles. The molecular weight excluding hydrogens is 925 g/mol. The van der Waals surface area contributed by atoms with Crippen molar-refractivity contribution >= 4 is 39.0 Å². The molecule has 0 atom stereocenters. The minimum Gasteiger partial charge on any atom is -0.454 e. The van der Waals surface area contributed by atoms with Gasteiger partial charge in [0.25, 0.3) is 0 Å². The molecule has 0 saturated heterocycles. The molecule has 0 radical (unpaired) electrons. The molecule has 0 saturated carbocycles. The van der Waals surface area contributed by atoms with E-state index < -0.39 is 0 Å². The van der Waals surface area contributed by atoms with E-state index in [0.717, 1.165) is 72.4 Å². The SMILES string of the molecule is c1ccc(-c2cccc(-c3nc(-c4ccccc4)nc(-c4ccc(-c5ccc(-c6ccc(N(c7ccccc7)c7cccc8c7oc7ccccc78)cc6)c6c5C5c7ccccc7C6c6ccccc65)cc4)n3)c2)cc1. The fourth-order valence-corrected chi connectivity index (χ4v) is 12.1. The number of hydrogen-bond acceptors (Lipinski definition) is 5. The molecule has 0 spiro atoms. The Bertz CT molecular complexity index is 4290. The first-order valence-corrected chi connectivity index (χ1v) is 26.0. The summed E-state index contributed by atoms with van der Waals surface area (Å²) in [5.74, 6) is 2.02. The molecule has 356 valence electrons. The summed E-state index contributed by atoms with van der Waals surface area (Å²) < 4.78 is 6.63. The molecule has 3 aliphatic rings. The molecule has 2 aromatic heterocycles. The van der Waals surface area contributed by atoms with Gasteiger partial charge in [-0.1, -0.05) is 224 Å². The van der Waals surface area contributed by atoms with Gasteiger partial charge in [-0.3, -0.25) is 0 Å². The molecular formula is C71H46N4O. The van der Waals surface area contributed by atoms with Crippen LogP contribution in [0.1, 0.15) is 45.2 Å². The zero-order valence-corrected chi connectivity index (χ0v) is 41.3. The van der Waals surface area contributed by atoms with Crippen molar-refractivity contribution in [2.75, 3.05) is 4.90 Å². The summed E-state index contributed by atoms with van der Waals surface area (Å²) in [4.78, 5) is 17.7. The Hall–Kier alpha value is -9.97. The highest BCUT2D eigenvalue weighted by Gasteiger charge is 2.43. The summed E-state index contributed by atoms with van der Waals surface area (Å²) in [6.07, 6.45) is 0. The van der Waals surface area contributed by atoms with Crippen molar-refractivity contribution in [1.29, 1.82) is 0 Å². The molecule has 0 aliphatic heterocycles. The average molecular weight is 971 g/mol. The summed E-state index contributed by atoms with van der Waals surface area (Å²) in [7, 11) is 0. The lowest BCUT2D eigenvalue weighted by molar-refractivity contribution is 0.669. The third kappa shape index (κ3) is 7.19. The van der Waals surface area contributed by atoms with Crippen LogP contribution in [0.4, 0.5) is 17.1 Å². The molecule has 0 amide bonds. The van der Waals surface area contributed by atoms with Crippen LogP contribution in [0.25, 0.3) is 89.5 Å². The van der Waals surface area contributed by atoms with E-state index in [0.29, 0.717) is 17.5 Å². The lowest BCUT2D eigenvalue weighted by atomic mass is 9.58. The first-order chi connectivity index (χ1) is 37.7. The van der Waals surface area contributed by atoms with Gasteiger partial charge in [-0.25, -0.2) is 15.0 Å². The summed E-state index contributed by atoms with van der Waals surface area (Å²) in [5.41, 5.74) is 23.0. The number of anilines is 3. The zero-order chi connectivity index (χ0) is 50.1. The van der Waals surface area contributed by atoms with Crippen LogP contribution in [0.3, 0.4) is 0 Å². The Morgan fingerprint density at radius 1 is 0.303 bits per heavy atom. The maximum atomic E-state index is 6.63. The summed E-state index contributed by atoms with van der Waals surface area (Å²) in [6, 6.07) is 95.3. The zero-order valence-electron chi connectivity index (χ0n) is 41.3. The monoisotopic (exact) mass is 970 g/mol. The first kappa shape index (κ1) is 43.6. The van der Waals surface area contributed by atoms with Crippen LogP contribution in [0.15, 0.2) is 271 Å². The summed E-state index contributed by atoms with van der Waals surface area (Å²) >= 11 is 0. The number of para-hydroxylation sites is 3. The van der Waals surface area contributed by atoms with Crippen molar-refractivity contribution in [3.8, 4) is 67.5 Å². The summed E-state index contributed by atoms with van der Waals surface area (Å²) in [5, 5.41) is 2.21. The van der Waals surface area contributed by atoms with Crippen molar-refractivity contribution in [3.05, 3.63) is 300 Å².